The van der Waals surface area contributed by atoms with Gasteiger partial charge in [0.25, 0.3) is 0 Å². The van der Waals surface area contributed by atoms with Crippen LogP contribution in [0.1, 0.15) is 29.7 Å². The highest BCUT2D eigenvalue weighted by atomic mass is 16.3. The highest BCUT2D eigenvalue weighted by molar-refractivity contribution is 5.78. The minimum absolute atomic E-state index is 0.0520. The Morgan fingerprint density at radius 1 is 1.00 bits per heavy atom. The molecule has 5 nitrogen and oxygen atoms in total. The van der Waals surface area contributed by atoms with Gasteiger partial charge >= 0.3 is 0 Å². The van der Waals surface area contributed by atoms with Gasteiger partial charge in [-0.2, -0.15) is 0 Å². The number of hydrogen-bond donors (Lipinski definition) is 1. The molecule has 1 amide bonds. The van der Waals surface area contributed by atoms with Gasteiger partial charge in [0.15, 0.2) is 0 Å². The molecule has 2 aromatic carbocycles. The summed E-state index contributed by atoms with van der Waals surface area (Å²) in [5.74, 6) is 0.489. The topological polar surface area (TPSA) is 58.4 Å². The highest BCUT2D eigenvalue weighted by Crippen LogP contribution is 2.18. The molecule has 0 atom stereocenters. The third-order valence-electron chi connectivity index (χ3n) is 5.10. The average molecular weight is 375 g/mol. The molecule has 1 aliphatic heterocycles. The lowest BCUT2D eigenvalue weighted by atomic mass is 10.1. The molecule has 0 aliphatic carbocycles. The monoisotopic (exact) mass is 375 g/mol. The van der Waals surface area contributed by atoms with Crippen LogP contribution in [0.25, 0.3) is 11.5 Å². The maximum absolute atomic E-state index is 12.4. The van der Waals surface area contributed by atoms with Crippen LogP contribution in [0, 0.1) is 0 Å². The third kappa shape index (κ3) is 4.67. The maximum Gasteiger partial charge on any atom is 0.226 e. The molecule has 1 saturated heterocycles. The third-order valence-corrected chi connectivity index (χ3v) is 5.10. The predicted molar refractivity (Wildman–Crippen MR) is 108 cm³/mol. The molecule has 4 rings (SSSR count). The van der Waals surface area contributed by atoms with Gasteiger partial charge in [0.2, 0.25) is 11.8 Å². The zero-order valence-electron chi connectivity index (χ0n) is 15.9. The average Bonchev–Trinajstić information content (AvgIpc) is 3.40. The number of aromatic nitrogens is 1. The molecule has 3 aromatic rings. The molecule has 1 N–H and O–H groups in total. The molecule has 1 aromatic heterocycles. The Morgan fingerprint density at radius 3 is 2.50 bits per heavy atom. The molecule has 28 heavy (non-hydrogen) atoms. The van der Waals surface area contributed by atoms with Crippen molar-refractivity contribution in [2.24, 2.45) is 0 Å². The van der Waals surface area contributed by atoms with Crippen LogP contribution in [0.5, 0.6) is 0 Å². The number of hydrogen-bond acceptors (Lipinski definition) is 4. The second-order valence-corrected chi connectivity index (χ2v) is 7.22. The van der Waals surface area contributed by atoms with Crippen LogP contribution < -0.4 is 5.32 Å². The Bertz CT molecular complexity index is 914. The van der Waals surface area contributed by atoms with E-state index in [1.807, 2.05) is 36.4 Å². The van der Waals surface area contributed by atoms with E-state index in [1.165, 1.54) is 24.0 Å². The second-order valence-electron chi connectivity index (χ2n) is 7.22. The molecular weight excluding hydrogens is 350 g/mol. The van der Waals surface area contributed by atoms with E-state index in [0.29, 0.717) is 18.1 Å². The first-order chi connectivity index (χ1) is 13.8. The Morgan fingerprint density at radius 2 is 1.71 bits per heavy atom. The molecule has 1 fully saturated rings. The normalized spacial score (nSPS) is 14.3. The van der Waals surface area contributed by atoms with Crippen LogP contribution in [-0.2, 0) is 24.3 Å². The summed E-state index contributed by atoms with van der Waals surface area (Å²) in [5, 5.41) is 3.02. The number of carbonyl (C=O) groups excluding carboxylic acids is 1. The summed E-state index contributed by atoms with van der Waals surface area (Å²) in [4.78, 5) is 19.3. The Kier molecular flexibility index (Phi) is 5.83. The van der Waals surface area contributed by atoms with Crippen LogP contribution in [0.15, 0.2) is 65.3 Å². The van der Waals surface area contributed by atoms with E-state index in [9.17, 15) is 4.79 Å². The van der Waals surface area contributed by atoms with E-state index in [-0.39, 0.29) is 12.3 Å². The summed E-state index contributed by atoms with van der Waals surface area (Å²) < 4.78 is 5.51. The summed E-state index contributed by atoms with van der Waals surface area (Å²) in [6.45, 7) is 3.81. The van der Waals surface area contributed by atoms with Crippen LogP contribution in [0.3, 0.4) is 0 Å². The number of nitrogens with one attached hydrogen (secondary N) is 1. The number of nitrogens with zero attached hydrogens (tertiary/aromatic N) is 2. The summed E-state index contributed by atoms with van der Waals surface area (Å²) in [7, 11) is 0. The van der Waals surface area contributed by atoms with E-state index < -0.39 is 0 Å². The summed E-state index contributed by atoms with van der Waals surface area (Å²) >= 11 is 0. The van der Waals surface area contributed by atoms with Gasteiger partial charge in [0, 0.05) is 18.7 Å². The Balaban J connectivity index is 1.33. The van der Waals surface area contributed by atoms with Crippen molar-refractivity contribution >= 4 is 5.91 Å². The minimum atomic E-state index is -0.0520. The number of likely N-dealkylation sites (tertiary alicyclic amines) is 1. The van der Waals surface area contributed by atoms with Gasteiger partial charge in [-0.25, -0.2) is 4.98 Å². The van der Waals surface area contributed by atoms with E-state index >= 15 is 0 Å². The van der Waals surface area contributed by atoms with Crippen molar-refractivity contribution in [2.45, 2.75) is 32.4 Å². The first-order valence-electron chi connectivity index (χ1n) is 9.83. The zero-order chi connectivity index (χ0) is 19.2. The summed E-state index contributed by atoms with van der Waals surface area (Å²) in [6.07, 6.45) is 4.33. The summed E-state index contributed by atoms with van der Waals surface area (Å²) in [6, 6.07) is 18.0. The number of amides is 1. The van der Waals surface area contributed by atoms with Gasteiger partial charge in [-0.3, -0.25) is 9.69 Å². The van der Waals surface area contributed by atoms with Crippen LogP contribution in [-0.4, -0.2) is 28.9 Å². The van der Waals surface area contributed by atoms with E-state index in [0.717, 1.165) is 25.2 Å². The first kappa shape index (κ1) is 18.4. The van der Waals surface area contributed by atoms with Gasteiger partial charge < -0.3 is 9.73 Å². The largest absolute Gasteiger partial charge is 0.444 e. The molecule has 0 unspecified atom stereocenters. The molecule has 5 heteroatoms. The standard InChI is InChI=1S/C23H25N3O2/c27-22(14-21-17-28-23(25-21)18-8-2-1-3-9-18)24-15-19-10-4-5-11-20(19)16-26-12-6-7-13-26/h1-5,8-11,17H,6-7,12-16H2,(H,24,27). The van der Waals surface area contributed by atoms with Crippen molar-refractivity contribution in [3.63, 3.8) is 0 Å². The van der Waals surface area contributed by atoms with Crippen molar-refractivity contribution in [1.82, 2.24) is 15.2 Å². The molecule has 0 radical (unpaired) electrons. The number of oxazole rings is 1. The minimum Gasteiger partial charge on any atom is -0.444 e. The van der Waals surface area contributed by atoms with Gasteiger partial charge in [-0.15, -0.1) is 0 Å². The zero-order valence-corrected chi connectivity index (χ0v) is 15.9. The molecule has 2 heterocycles. The lowest BCUT2D eigenvalue weighted by Gasteiger charge is -2.17. The van der Waals surface area contributed by atoms with Crippen molar-refractivity contribution in [1.29, 1.82) is 0 Å². The van der Waals surface area contributed by atoms with Crippen molar-refractivity contribution < 1.29 is 9.21 Å². The van der Waals surface area contributed by atoms with Gasteiger partial charge in [0.05, 0.1) is 12.1 Å². The number of carbonyl (C=O) groups is 1. The van der Waals surface area contributed by atoms with Crippen LogP contribution in [0.2, 0.25) is 0 Å². The molecule has 1 aliphatic rings. The molecule has 144 valence electrons. The fraction of sp³-hybridized carbons (Fsp3) is 0.304. The van der Waals surface area contributed by atoms with Crippen LogP contribution >= 0.6 is 0 Å². The summed E-state index contributed by atoms with van der Waals surface area (Å²) in [5.41, 5.74) is 4.01. The predicted octanol–water partition coefficient (Wildman–Crippen LogP) is 3.80. The molecule has 0 spiro atoms. The van der Waals surface area contributed by atoms with Gasteiger partial charge in [-0.1, -0.05) is 42.5 Å². The number of rotatable bonds is 7. The van der Waals surface area contributed by atoms with Crippen molar-refractivity contribution in [3.05, 3.63) is 77.7 Å². The fourth-order valence-electron chi connectivity index (χ4n) is 3.59. The fourth-order valence-corrected chi connectivity index (χ4v) is 3.59. The van der Waals surface area contributed by atoms with Gasteiger partial charge in [-0.05, 0) is 49.2 Å². The maximum atomic E-state index is 12.4. The molecular formula is C23H25N3O2. The van der Waals surface area contributed by atoms with E-state index in [2.05, 4.69) is 33.4 Å². The number of benzene rings is 2. The SMILES string of the molecule is O=C(Cc1coc(-c2ccccc2)n1)NCc1ccccc1CN1CCCC1. The second kappa shape index (κ2) is 8.85. The quantitative estimate of drug-likeness (QED) is 0.682. The van der Waals surface area contributed by atoms with Crippen molar-refractivity contribution in [3.8, 4) is 11.5 Å². The smallest absolute Gasteiger partial charge is 0.226 e. The van der Waals surface area contributed by atoms with Crippen LogP contribution in [0.4, 0.5) is 0 Å². The van der Waals surface area contributed by atoms with Gasteiger partial charge in [0.1, 0.15) is 6.26 Å². The lowest BCUT2D eigenvalue weighted by Crippen LogP contribution is -2.26. The Labute approximate surface area is 165 Å². The van der Waals surface area contributed by atoms with E-state index in [4.69, 9.17) is 4.42 Å². The first-order valence-corrected chi connectivity index (χ1v) is 9.83. The van der Waals surface area contributed by atoms with Crippen molar-refractivity contribution in [2.75, 3.05) is 13.1 Å². The Hall–Kier alpha value is -2.92. The molecule has 0 saturated carbocycles. The molecule has 0 bridgehead atoms. The van der Waals surface area contributed by atoms with E-state index in [1.54, 1.807) is 6.26 Å². The lowest BCUT2D eigenvalue weighted by molar-refractivity contribution is -0.120. The highest BCUT2D eigenvalue weighted by Gasteiger charge is 2.14.